The Labute approximate surface area is 213 Å². The number of halogens is 2. The summed E-state index contributed by atoms with van der Waals surface area (Å²) < 4.78 is 59.2. The molecule has 1 N–H and O–H groups in total. The van der Waals surface area contributed by atoms with Crippen molar-refractivity contribution in [3.8, 4) is 17.1 Å². The number of pyridine rings is 1. The first-order valence-corrected chi connectivity index (χ1v) is 13.8. The van der Waals surface area contributed by atoms with Gasteiger partial charge in [-0.1, -0.05) is 12.1 Å². The van der Waals surface area contributed by atoms with Crippen LogP contribution in [0.25, 0.3) is 22.3 Å². The standard InChI is InChI=1S/C24H28F2N6O4S/c1-15(17-11-21(33)27-13-17)36-23-22-20(28-14-32(22)24(25)26)12-19(29-23)16-3-5-18(6-4-16)30-7-9-31(10-8-30)37(2,34)35/h3-6,12,14-15,17,24H,7-11,13H2,1-2H3,(H,27,33)/t15-,17-/m1/s1. The number of rotatable bonds is 7. The second-order valence-electron chi connectivity index (χ2n) is 9.40. The Morgan fingerprint density at radius 2 is 1.84 bits per heavy atom. The van der Waals surface area contributed by atoms with E-state index in [0.717, 1.165) is 22.1 Å². The van der Waals surface area contributed by atoms with Crippen LogP contribution in [0.2, 0.25) is 0 Å². The highest BCUT2D eigenvalue weighted by Crippen LogP contribution is 2.33. The molecule has 0 aliphatic carbocycles. The Morgan fingerprint density at radius 3 is 2.43 bits per heavy atom. The van der Waals surface area contributed by atoms with Crippen LogP contribution in [0.5, 0.6) is 5.88 Å². The van der Waals surface area contributed by atoms with Crippen molar-refractivity contribution in [3.05, 3.63) is 36.7 Å². The van der Waals surface area contributed by atoms with E-state index in [-0.39, 0.29) is 23.2 Å². The number of hydrogen-bond donors (Lipinski definition) is 1. The molecule has 37 heavy (non-hydrogen) atoms. The minimum atomic E-state index is -3.21. The quantitative estimate of drug-likeness (QED) is 0.496. The van der Waals surface area contributed by atoms with E-state index in [4.69, 9.17) is 4.74 Å². The van der Waals surface area contributed by atoms with Crippen LogP contribution in [0.3, 0.4) is 0 Å². The lowest BCUT2D eigenvalue weighted by Crippen LogP contribution is -2.48. The zero-order valence-electron chi connectivity index (χ0n) is 20.5. The van der Waals surface area contributed by atoms with Gasteiger partial charge in [0.05, 0.1) is 17.5 Å². The largest absolute Gasteiger partial charge is 0.473 e. The number of sulfonamides is 1. The Balaban J connectivity index is 1.41. The highest BCUT2D eigenvalue weighted by molar-refractivity contribution is 7.88. The van der Waals surface area contributed by atoms with E-state index in [1.54, 1.807) is 13.0 Å². The molecule has 10 nitrogen and oxygen atoms in total. The molecule has 0 spiro atoms. The van der Waals surface area contributed by atoms with Crippen molar-refractivity contribution in [1.29, 1.82) is 0 Å². The molecular formula is C24H28F2N6O4S. The van der Waals surface area contributed by atoms with E-state index in [0.29, 0.717) is 50.4 Å². The SMILES string of the molecule is C[C@@H](Oc1nc(-c2ccc(N3CCN(S(C)(=O)=O)CC3)cc2)cc2ncn(C(F)F)c12)[C@H]1CNC(=O)C1. The molecule has 2 saturated heterocycles. The number of benzene rings is 1. The number of carbonyl (C=O) groups is 1. The van der Waals surface area contributed by atoms with Gasteiger partial charge < -0.3 is 15.0 Å². The first-order valence-electron chi connectivity index (χ1n) is 12.0. The monoisotopic (exact) mass is 534 g/mol. The van der Waals surface area contributed by atoms with Gasteiger partial charge in [0, 0.05) is 56.3 Å². The number of piperazine rings is 1. The number of hydrogen-bond acceptors (Lipinski definition) is 7. The molecule has 13 heteroatoms. The average molecular weight is 535 g/mol. The molecule has 0 bridgehead atoms. The maximum atomic E-state index is 13.7. The predicted molar refractivity (Wildman–Crippen MR) is 134 cm³/mol. The fourth-order valence-electron chi connectivity index (χ4n) is 4.76. The van der Waals surface area contributed by atoms with Crippen LogP contribution in [0.1, 0.15) is 19.9 Å². The van der Waals surface area contributed by atoms with Crippen LogP contribution in [0.15, 0.2) is 36.7 Å². The van der Waals surface area contributed by atoms with Gasteiger partial charge in [-0.3, -0.25) is 9.36 Å². The molecule has 4 heterocycles. The predicted octanol–water partition coefficient (Wildman–Crippen LogP) is 2.48. The molecule has 0 unspecified atom stereocenters. The first kappa shape index (κ1) is 25.3. The van der Waals surface area contributed by atoms with Gasteiger partial charge >= 0.3 is 6.55 Å². The topological polar surface area (TPSA) is 110 Å². The molecule has 2 aromatic heterocycles. The van der Waals surface area contributed by atoms with Gasteiger partial charge in [-0.25, -0.2) is 18.4 Å². The van der Waals surface area contributed by atoms with Gasteiger partial charge in [0.1, 0.15) is 17.9 Å². The number of aromatic nitrogens is 3. The van der Waals surface area contributed by atoms with Gasteiger partial charge in [0.25, 0.3) is 0 Å². The Kier molecular flexibility index (Phi) is 6.75. The van der Waals surface area contributed by atoms with Crippen molar-refractivity contribution < 1.29 is 26.7 Å². The molecular weight excluding hydrogens is 506 g/mol. The zero-order valence-corrected chi connectivity index (χ0v) is 21.3. The van der Waals surface area contributed by atoms with Crippen molar-refractivity contribution >= 4 is 32.7 Å². The smallest absolute Gasteiger partial charge is 0.320 e. The third kappa shape index (κ3) is 5.23. The van der Waals surface area contributed by atoms with Crippen LogP contribution in [-0.4, -0.2) is 78.2 Å². The van der Waals surface area contributed by atoms with Crippen molar-refractivity contribution in [2.24, 2.45) is 5.92 Å². The molecule has 2 aliphatic rings. The number of anilines is 1. The highest BCUT2D eigenvalue weighted by Gasteiger charge is 2.30. The molecule has 0 saturated carbocycles. The van der Waals surface area contributed by atoms with E-state index in [1.807, 2.05) is 24.3 Å². The molecule has 198 valence electrons. The highest BCUT2D eigenvalue weighted by atomic mass is 32.2. The van der Waals surface area contributed by atoms with E-state index >= 15 is 0 Å². The second-order valence-corrected chi connectivity index (χ2v) is 11.4. The van der Waals surface area contributed by atoms with Gasteiger partial charge in [-0.15, -0.1) is 0 Å². The number of nitrogens with zero attached hydrogens (tertiary/aromatic N) is 5. The van der Waals surface area contributed by atoms with Crippen molar-refractivity contribution in [1.82, 2.24) is 24.2 Å². The Morgan fingerprint density at radius 1 is 1.14 bits per heavy atom. The minimum Gasteiger partial charge on any atom is -0.473 e. The van der Waals surface area contributed by atoms with Crippen LogP contribution in [-0.2, 0) is 14.8 Å². The maximum absolute atomic E-state index is 13.7. The van der Waals surface area contributed by atoms with Crippen LogP contribution in [0.4, 0.5) is 14.5 Å². The fraction of sp³-hybridized carbons (Fsp3) is 0.458. The van der Waals surface area contributed by atoms with Crippen molar-refractivity contribution in [3.63, 3.8) is 0 Å². The third-order valence-electron chi connectivity index (χ3n) is 6.94. The van der Waals surface area contributed by atoms with E-state index in [2.05, 4.69) is 20.2 Å². The third-order valence-corrected chi connectivity index (χ3v) is 8.24. The van der Waals surface area contributed by atoms with Crippen LogP contribution < -0.4 is 15.0 Å². The molecule has 2 atom stereocenters. The number of fused-ring (bicyclic) bond motifs is 1. The van der Waals surface area contributed by atoms with Crippen LogP contribution >= 0.6 is 0 Å². The number of nitrogens with one attached hydrogen (secondary N) is 1. The summed E-state index contributed by atoms with van der Waals surface area (Å²) in [6.45, 7) is 1.45. The maximum Gasteiger partial charge on any atom is 0.320 e. The van der Waals surface area contributed by atoms with E-state index < -0.39 is 22.7 Å². The lowest BCUT2D eigenvalue weighted by atomic mass is 10.0. The Bertz CT molecular complexity index is 1400. The second kappa shape index (κ2) is 9.86. The number of alkyl halides is 2. The molecule has 2 fully saturated rings. The summed E-state index contributed by atoms with van der Waals surface area (Å²) in [7, 11) is -3.21. The van der Waals surface area contributed by atoms with E-state index in [9.17, 15) is 22.0 Å². The van der Waals surface area contributed by atoms with Crippen molar-refractivity contribution in [2.45, 2.75) is 26.0 Å². The summed E-state index contributed by atoms with van der Waals surface area (Å²) in [5, 5.41) is 2.76. The summed E-state index contributed by atoms with van der Waals surface area (Å²) in [6, 6.07) is 9.25. The van der Waals surface area contributed by atoms with Gasteiger partial charge in [-0.2, -0.15) is 13.1 Å². The number of ether oxygens (including phenoxy) is 1. The van der Waals surface area contributed by atoms with Gasteiger partial charge in [0.15, 0.2) is 0 Å². The summed E-state index contributed by atoms with van der Waals surface area (Å²) in [5.74, 6) is -0.126. The first-order chi connectivity index (χ1) is 17.6. The molecule has 5 rings (SSSR count). The summed E-state index contributed by atoms with van der Waals surface area (Å²) in [6.07, 6.45) is 2.16. The Hall–Kier alpha value is -3.32. The van der Waals surface area contributed by atoms with Crippen molar-refractivity contribution in [2.75, 3.05) is 43.9 Å². The van der Waals surface area contributed by atoms with E-state index in [1.165, 1.54) is 10.6 Å². The average Bonchev–Trinajstić information content (AvgIpc) is 3.50. The minimum absolute atomic E-state index is 0.0399. The number of carbonyl (C=O) groups excluding carboxylic acids is 1. The lowest BCUT2D eigenvalue weighted by Gasteiger charge is -2.34. The van der Waals surface area contributed by atoms with Gasteiger partial charge in [0.2, 0.25) is 21.8 Å². The van der Waals surface area contributed by atoms with Crippen LogP contribution in [0, 0.1) is 5.92 Å². The van der Waals surface area contributed by atoms with Gasteiger partial charge in [-0.05, 0) is 25.1 Å². The molecule has 0 radical (unpaired) electrons. The lowest BCUT2D eigenvalue weighted by molar-refractivity contribution is -0.119. The summed E-state index contributed by atoms with van der Waals surface area (Å²) in [5.41, 5.74) is 2.64. The number of imidazole rings is 1. The number of amides is 1. The summed E-state index contributed by atoms with van der Waals surface area (Å²) in [4.78, 5) is 22.5. The molecule has 1 aromatic carbocycles. The fourth-order valence-corrected chi connectivity index (χ4v) is 5.58. The summed E-state index contributed by atoms with van der Waals surface area (Å²) >= 11 is 0. The normalized spacial score (nSPS) is 20.0. The molecule has 1 amide bonds. The molecule has 2 aliphatic heterocycles. The zero-order chi connectivity index (χ0) is 26.3. The molecule has 3 aromatic rings.